The third kappa shape index (κ3) is 6.73. The predicted octanol–water partition coefficient (Wildman–Crippen LogP) is 9.99. The third-order valence-corrected chi connectivity index (χ3v) is 6.58. The molecule has 41 heavy (non-hydrogen) atoms. The Kier molecular flexibility index (Phi) is 8.19. The van der Waals surface area contributed by atoms with Crippen LogP contribution in [0.4, 0.5) is 37.7 Å². The Labute approximate surface area is 234 Å². The maximum absolute atomic E-state index is 13.6. The summed E-state index contributed by atoms with van der Waals surface area (Å²) in [6.07, 6.45) is -8.96. The van der Waals surface area contributed by atoms with Gasteiger partial charge in [0.05, 0.1) is 45.3 Å². The molecule has 0 amide bonds. The topological polar surface area (TPSA) is 37.6 Å². The highest BCUT2D eigenvalue weighted by Gasteiger charge is 2.32. The first kappa shape index (κ1) is 29.7. The highest BCUT2D eigenvalue weighted by molar-refractivity contribution is 6.03. The minimum atomic E-state index is -4.51. The number of nitrogens with zero attached hydrogens (tertiary/aromatic N) is 3. The minimum Gasteiger partial charge on any atom is -0.251 e. The molecule has 0 saturated heterocycles. The van der Waals surface area contributed by atoms with Crippen LogP contribution >= 0.6 is 0 Å². The van der Waals surface area contributed by atoms with E-state index in [-0.39, 0.29) is 0 Å². The Morgan fingerprint density at radius 2 is 1.02 bits per heavy atom. The average Bonchev–Trinajstić information content (AvgIpc) is 2.90. The van der Waals surface area contributed by atoms with E-state index in [1.54, 1.807) is 83.1 Å². The first-order valence-electron chi connectivity index (χ1n) is 12.7. The number of pyridine rings is 1. The monoisotopic (exact) mass is 567 g/mol. The molecule has 3 nitrogen and oxygen atoms in total. The zero-order chi connectivity index (χ0) is 30.1. The van der Waals surface area contributed by atoms with Crippen LogP contribution in [0.1, 0.15) is 53.1 Å². The highest BCUT2D eigenvalue weighted by Crippen LogP contribution is 2.40. The van der Waals surface area contributed by atoms with Gasteiger partial charge in [0, 0.05) is 5.56 Å². The van der Waals surface area contributed by atoms with Crippen molar-refractivity contribution >= 4 is 22.8 Å². The van der Waals surface area contributed by atoms with Crippen LogP contribution in [0.3, 0.4) is 0 Å². The molecule has 0 saturated carbocycles. The number of alkyl halides is 6. The molecule has 0 aliphatic rings. The summed E-state index contributed by atoms with van der Waals surface area (Å²) in [5.41, 5.74) is 3.35. The average molecular weight is 568 g/mol. The summed E-state index contributed by atoms with van der Waals surface area (Å²) < 4.78 is 80.4. The van der Waals surface area contributed by atoms with E-state index in [9.17, 15) is 26.3 Å². The molecular weight excluding hydrogens is 540 g/mol. The van der Waals surface area contributed by atoms with Crippen molar-refractivity contribution in [1.82, 2.24) is 4.98 Å². The molecule has 0 unspecified atom stereocenters. The van der Waals surface area contributed by atoms with Crippen LogP contribution < -0.4 is 0 Å². The van der Waals surface area contributed by atoms with E-state index in [2.05, 4.69) is 9.98 Å². The molecule has 9 heteroatoms. The first-order chi connectivity index (χ1) is 19.1. The van der Waals surface area contributed by atoms with E-state index in [1.807, 2.05) is 0 Å². The van der Waals surface area contributed by atoms with Gasteiger partial charge in [-0.2, -0.15) is 26.3 Å². The second-order valence-corrected chi connectivity index (χ2v) is 9.81. The van der Waals surface area contributed by atoms with Crippen LogP contribution in [0, 0.1) is 20.8 Å². The molecule has 1 aromatic heterocycles. The summed E-state index contributed by atoms with van der Waals surface area (Å²) in [7, 11) is 0. The number of benzene rings is 3. The molecule has 0 aliphatic heterocycles. The van der Waals surface area contributed by atoms with Gasteiger partial charge in [0.2, 0.25) is 0 Å². The molecule has 4 aromatic rings. The van der Waals surface area contributed by atoms with Crippen LogP contribution in [-0.4, -0.2) is 16.4 Å². The molecule has 4 rings (SSSR count). The first-order valence-corrected chi connectivity index (χ1v) is 12.7. The van der Waals surface area contributed by atoms with Crippen molar-refractivity contribution in [3.8, 4) is 11.1 Å². The lowest BCUT2D eigenvalue weighted by Gasteiger charge is -2.15. The Hall–Kier alpha value is -4.27. The van der Waals surface area contributed by atoms with Crippen molar-refractivity contribution in [3.05, 3.63) is 112 Å². The maximum Gasteiger partial charge on any atom is 0.416 e. The molecule has 0 atom stereocenters. The molecule has 1 heterocycles. The van der Waals surface area contributed by atoms with Gasteiger partial charge in [-0.25, -0.2) is 4.98 Å². The van der Waals surface area contributed by atoms with E-state index < -0.39 is 23.5 Å². The van der Waals surface area contributed by atoms with Gasteiger partial charge in [-0.15, -0.1) is 0 Å². The Bertz CT molecular complexity index is 1630. The second-order valence-electron chi connectivity index (χ2n) is 9.81. The van der Waals surface area contributed by atoms with Crippen molar-refractivity contribution in [1.29, 1.82) is 0 Å². The SMILES string of the molecule is CC(=Nc1c(C)cc(C(F)(F)F)cc1C)c1cccc(C(C)=Nc2c(C)cc(C(F)(F)F)cc2-c2ccccc2)n1. The lowest BCUT2D eigenvalue weighted by molar-refractivity contribution is -0.138. The molecule has 0 spiro atoms. The molecule has 0 radical (unpaired) electrons. The lowest BCUT2D eigenvalue weighted by atomic mass is 9.97. The van der Waals surface area contributed by atoms with Crippen LogP contribution in [0.25, 0.3) is 11.1 Å². The Morgan fingerprint density at radius 1 is 0.585 bits per heavy atom. The number of halogens is 6. The number of aryl methyl sites for hydroxylation is 3. The van der Waals surface area contributed by atoms with Gasteiger partial charge in [-0.3, -0.25) is 9.98 Å². The molecule has 212 valence electrons. The summed E-state index contributed by atoms with van der Waals surface area (Å²) in [6.45, 7) is 8.16. The summed E-state index contributed by atoms with van der Waals surface area (Å²) in [4.78, 5) is 13.9. The standard InChI is InChI=1S/C32H27F6N3/c1-18-14-24(31(33,34)35)15-19(2)29(18)39-21(4)27-12-9-13-28(41-27)22(5)40-30-20(3)16-25(32(36,37)38)17-26(30)23-10-7-6-8-11-23/h6-17H,1-5H3. The second kappa shape index (κ2) is 11.3. The molecule has 3 aromatic carbocycles. The number of hydrogen-bond donors (Lipinski definition) is 0. The van der Waals surface area contributed by atoms with Crippen LogP contribution in [-0.2, 0) is 12.4 Å². The number of rotatable bonds is 5. The summed E-state index contributed by atoms with van der Waals surface area (Å²) in [5.74, 6) is 0. The van der Waals surface area contributed by atoms with Gasteiger partial charge < -0.3 is 0 Å². The van der Waals surface area contributed by atoms with Gasteiger partial charge in [0.1, 0.15) is 0 Å². The zero-order valence-electron chi connectivity index (χ0n) is 23.0. The van der Waals surface area contributed by atoms with Crippen LogP contribution in [0.2, 0.25) is 0 Å². The smallest absolute Gasteiger partial charge is 0.251 e. The Morgan fingerprint density at radius 3 is 1.51 bits per heavy atom. The van der Waals surface area contributed by atoms with Crippen molar-refractivity contribution in [2.24, 2.45) is 9.98 Å². The van der Waals surface area contributed by atoms with Gasteiger partial charge in [-0.1, -0.05) is 36.4 Å². The quantitative estimate of drug-likeness (QED) is 0.175. The van der Waals surface area contributed by atoms with Crippen LogP contribution in [0.5, 0.6) is 0 Å². The van der Waals surface area contributed by atoms with E-state index in [0.29, 0.717) is 62.0 Å². The van der Waals surface area contributed by atoms with Crippen molar-refractivity contribution in [2.45, 2.75) is 47.0 Å². The zero-order valence-corrected chi connectivity index (χ0v) is 23.0. The third-order valence-electron chi connectivity index (χ3n) is 6.58. The normalized spacial score (nSPS) is 13.0. The fraction of sp³-hybridized carbons (Fsp3) is 0.219. The fourth-order valence-corrected chi connectivity index (χ4v) is 4.51. The van der Waals surface area contributed by atoms with Crippen molar-refractivity contribution in [3.63, 3.8) is 0 Å². The lowest BCUT2D eigenvalue weighted by Crippen LogP contribution is -2.07. The van der Waals surface area contributed by atoms with Gasteiger partial charge in [0.15, 0.2) is 0 Å². The predicted molar refractivity (Wildman–Crippen MR) is 151 cm³/mol. The van der Waals surface area contributed by atoms with E-state index in [4.69, 9.17) is 4.99 Å². The molecular formula is C32H27F6N3. The molecule has 0 bridgehead atoms. The fourth-order valence-electron chi connectivity index (χ4n) is 4.51. The summed E-state index contributed by atoms with van der Waals surface area (Å²) in [5, 5.41) is 0. The number of hydrogen-bond acceptors (Lipinski definition) is 3. The maximum atomic E-state index is 13.6. The van der Waals surface area contributed by atoms with E-state index in [0.717, 1.165) is 24.3 Å². The Balaban J connectivity index is 1.76. The van der Waals surface area contributed by atoms with Crippen LogP contribution in [0.15, 0.2) is 82.8 Å². The molecule has 0 fully saturated rings. The number of aliphatic imine (C=N–C) groups is 2. The minimum absolute atomic E-state index is 0.347. The van der Waals surface area contributed by atoms with Gasteiger partial charge >= 0.3 is 12.4 Å². The van der Waals surface area contributed by atoms with Gasteiger partial charge in [-0.05, 0) is 93.3 Å². The largest absolute Gasteiger partial charge is 0.416 e. The van der Waals surface area contributed by atoms with E-state index >= 15 is 0 Å². The highest BCUT2D eigenvalue weighted by atomic mass is 19.4. The van der Waals surface area contributed by atoms with Crippen molar-refractivity contribution in [2.75, 3.05) is 0 Å². The number of aromatic nitrogens is 1. The molecule has 0 aliphatic carbocycles. The van der Waals surface area contributed by atoms with Crippen molar-refractivity contribution < 1.29 is 26.3 Å². The summed E-state index contributed by atoms with van der Waals surface area (Å²) >= 11 is 0. The summed E-state index contributed by atoms with van der Waals surface area (Å²) in [6, 6.07) is 18.3. The molecule has 0 N–H and O–H groups in total. The van der Waals surface area contributed by atoms with E-state index in [1.165, 1.54) is 0 Å². The van der Waals surface area contributed by atoms with Gasteiger partial charge in [0.25, 0.3) is 0 Å².